The third-order valence-corrected chi connectivity index (χ3v) is 14.2. The summed E-state index contributed by atoms with van der Waals surface area (Å²) < 4.78 is 0. The van der Waals surface area contributed by atoms with Gasteiger partial charge in [0.2, 0.25) is 35.4 Å². The van der Waals surface area contributed by atoms with Gasteiger partial charge in [-0.25, -0.2) is 0 Å². The van der Waals surface area contributed by atoms with Crippen LogP contribution in [-0.2, 0) is 48.0 Å². The van der Waals surface area contributed by atoms with Gasteiger partial charge in [-0.1, -0.05) is 109 Å². The molecule has 6 aromatic carbocycles. The number of hydrogen-bond donors (Lipinski definition) is 9. The molecule has 0 unspecified atom stereocenters. The number of nitrogens with one attached hydrogen (secondary N) is 6. The highest BCUT2D eigenvalue weighted by atomic mass is 35.5. The highest BCUT2D eigenvalue weighted by Crippen LogP contribution is 2.34. The summed E-state index contributed by atoms with van der Waals surface area (Å²) in [4.78, 5) is 81.4. The quantitative estimate of drug-likeness (QED) is 0.0154. The van der Waals surface area contributed by atoms with Crippen molar-refractivity contribution in [2.75, 3.05) is 35.6 Å². The fourth-order valence-corrected chi connectivity index (χ4v) is 9.51. The topological polar surface area (TPSA) is 253 Å². The minimum Gasteiger partial charge on any atom is -0.344 e. The van der Waals surface area contributed by atoms with Crippen LogP contribution < -0.4 is 49.1 Å². The molecule has 0 radical (unpaired) electrons. The number of aryl methyl sites for hydroxylation is 3. The molecule has 0 fully saturated rings. The summed E-state index contributed by atoms with van der Waals surface area (Å²) >= 11 is 0. The molecule has 15 nitrogen and oxygen atoms in total. The molecular formula is C64H80ClN9O6. The Kier molecular flexibility index (Phi) is 26.1. The van der Waals surface area contributed by atoms with E-state index in [1.807, 2.05) is 166 Å². The first-order valence-corrected chi connectivity index (χ1v) is 27.6. The van der Waals surface area contributed by atoms with Crippen molar-refractivity contribution in [3.63, 3.8) is 0 Å². The maximum absolute atomic E-state index is 13.9. The molecule has 0 aliphatic rings. The van der Waals surface area contributed by atoms with Crippen LogP contribution in [0.25, 0.3) is 0 Å². The second kappa shape index (κ2) is 33.0. The molecule has 6 aromatic rings. The SMILES string of the molecule is Cc1ccccc1CC(=O)N[C@@H](CCCCN)C(=O)Nc1ccc(C(c2ccc(NC(=O)[C@H](CCCCN)NC(=O)Cc3ccccc3C)cc2)c2ccc(NC(=O)[C@H](CCCCN)NC(=O)Cc3ccccc3C)cc2)cc1.Cl. The maximum atomic E-state index is 13.9. The first kappa shape index (κ1) is 63.1. The van der Waals surface area contributed by atoms with Gasteiger partial charge in [-0.3, -0.25) is 28.8 Å². The summed E-state index contributed by atoms with van der Waals surface area (Å²) in [6.07, 6.45) is 5.81. The molecule has 0 saturated carbocycles. The van der Waals surface area contributed by atoms with Gasteiger partial charge in [-0.05, 0) is 185 Å². The molecule has 12 N–H and O–H groups in total. The number of halogens is 1. The van der Waals surface area contributed by atoms with Crippen LogP contribution >= 0.6 is 12.4 Å². The molecule has 0 aromatic heterocycles. The Hall–Kier alpha value is -7.69. The van der Waals surface area contributed by atoms with Gasteiger partial charge >= 0.3 is 0 Å². The van der Waals surface area contributed by atoms with Crippen molar-refractivity contribution < 1.29 is 28.8 Å². The van der Waals surface area contributed by atoms with E-state index in [0.717, 1.165) is 50.1 Å². The van der Waals surface area contributed by atoms with Gasteiger partial charge < -0.3 is 49.1 Å². The van der Waals surface area contributed by atoms with E-state index in [2.05, 4.69) is 31.9 Å². The van der Waals surface area contributed by atoms with Crippen LogP contribution in [0.5, 0.6) is 0 Å². The molecule has 16 heteroatoms. The molecular weight excluding hydrogens is 1030 g/mol. The number of nitrogens with two attached hydrogens (primary N) is 3. The van der Waals surface area contributed by atoms with Crippen LogP contribution in [0.2, 0.25) is 0 Å². The average Bonchev–Trinajstić information content (AvgIpc) is 3.45. The molecule has 0 spiro atoms. The molecule has 424 valence electrons. The predicted molar refractivity (Wildman–Crippen MR) is 323 cm³/mol. The first-order valence-electron chi connectivity index (χ1n) is 27.6. The second-order valence-corrected chi connectivity index (χ2v) is 20.3. The Balaban J connectivity index is 0.0000118. The third-order valence-electron chi connectivity index (χ3n) is 14.2. The van der Waals surface area contributed by atoms with Crippen molar-refractivity contribution in [3.05, 3.63) is 196 Å². The lowest BCUT2D eigenvalue weighted by Crippen LogP contribution is -2.44. The van der Waals surface area contributed by atoms with E-state index in [1.165, 1.54) is 0 Å². The fourth-order valence-electron chi connectivity index (χ4n) is 9.51. The van der Waals surface area contributed by atoms with Gasteiger partial charge in [0.05, 0.1) is 19.3 Å². The molecule has 6 rings (SSSR count). The zero-order valence-corrected chi connectivity index (χ0v) is 47.2. The van der Waals surface area contributed by atoms with E-state index in [4.69, 9.17) is 17.2 Å². The lowest BCUT2D eigenvalue weighted by Gasteiger charge is -2.22. The van der Waals surface area contributed by atoms with Gasteiger partial charge in [0.25, 0.3) is 0 Å². The lowest BCUT2D eigenvalue weighted by atomic mass is 9.85. The van der Waals surface area contributed by atoms with E-state index in [0.29, 0.717) is 94.5 Å². The summed E-state index contributed by atoms with van der Waals surface area (Å²) in [5.74, 6) is -2.12. The second-order valence-electron chi connectivity index (χ2n) is 20.3. The molecule has 80 heavy (non-hydrogen) atoms. The summed E-state index contributed by atoms with van der Waals surface area (Å²) in [5, 5.41) is 17.9. The highest BCUT2D eigenvalue weighted by molar-refractivity contribution is 5.99. The lowest BCUT2D eigenvalue weighted by molar-refractivity contribution is -0.126. The van der Waals surface area contributed by atoms with Crippen molar-refractivity contribution in [3.8, 4) is 0 Å². The van der Waals surface area contributed by atoms with Crippen molar-refractivity contribution >= 4 is 64.9 Å². The maximum Gasteiger partial charge on any atom is 0.246 e. The van der Waals surface area contributed by atoms with Gasteiger partial charge in [0, 0.05) is 23.0 Å². The average molecular weight is 1110 g/mol. The largest absolute Gasteiger partial charge is 0.344 e. The molecule has 0 aliphatic heterocycles. The number of anilines is 3. The zero-order chi connectivity index (χ0) is 56.5. The number of rotatable bonds is 30. The van der Waals surface area contributed by atoms with E-state index in [1.54, 1.807) is 0 Å². The number of benzene rings is 6. The smallest absolute Gasteiger partial charge is 0.246 e. The Morgan fingerprint density at radius 1 is 0.362 bits per heavy atom. The normalized spacial score (nSPS) is 12.0. The Bertz CT molecular complexity index is 2640. The predicted octanol–water partition coefficient (Wildman–Crippen LogP) is 8.60. The number of carbonyl (C=O) groups excluding carboxylic acids is 6. The fraction of sp³-hybridized carbons (Fsp3) is 0.344. The highest BCUT2D eigenvalue weighted by Gasteiger charge is 2.26. The molecule has 0 saturated heterocycles. The Labute approximate surface area is 477 Å². The minimum absolute atomic E-state index is 0. The first-order chi connectivity index (χ1) is 38.2. The molecule has 6 amide bonds. The summed E-state index contributed by atoms with van der Waals surface area (Å²) in [5.41, 5.74) is 27.3. The van der Waals surface area contributed by atoms with Crippen LogP contribution in [0.15, 0.2) is 146 Å². The Morgan fingerprint density at radius 2 is 0.613 bits per heavy atom. The van der Waals surface area contributed by atoms with Crippen LogP contribution in [0.1, 0.15) is 114 Å². The third kappa shape index (κ3) is 19.9. The molecule has 0 aliphatic carbocycles. The molecule has 0 heterocycles. The van der Waals surface area contributed by atoms with Crippen LogP contribution in [0, 0.1) is 20.8 Å². The van der Waals surface area contributed by atoms with Crippen molar-refractivity contribution in [2.45, 2.75) is 122 Å². The van der Waals surface area contributed by atoms with E-state index in [9.17, 15) is 28.8 Å². The standard InChI is InChI=1S/C64H79N9O6.ClH/c1-43-16-4-7-19-49(43)40-58(74)71-55(22-10-13-37-65)62(77)68-52-31-25-46(26-32-52)61(47-27-33-53(34-28-47)69-63(78)56(23-11-14-38-66)72-59(75)41-50-20-8-5-17-44(50)2)48-29-35-54(36-30-48)70-64(79)57(24-12-15-39-67)73-60(76)42-51-21-9-6-18-45(51)3;/h4-9,16-21,25-36,55-57,61H,10-15,22-24,37-42,65-67H2,1-3H3,(H,68,77)(H,69,78)(H,70,79)(H,71,74)(H,72,75)(H,73,76);1H/t55-,56-,57-;/m0./s1. The summed E-state index contributed by atoms with van der Waals surface area (Å²) in [6, 6.07) is 43.2. The van der Waals surface area contributed by atoms with Gasteiger partial charge in [0.1, 0.15) is 18.1 Å². The van der Waals surface area contributed by atoms with Crippen LogP contribution in [-0.4, -0.2) is 73.2 Å². The van der Waals surface area contributed by atoms with Crippen molar-refractivity contribution in [1.29, 1.82) is 0 Å². The number of hydrogen-bond acceptors (Lipinski definition) is 9. The van der Waals surface area contributed by atoms with Gasteiger partial charge in [-0.2, -0.15) is 0 Å². The number of carbonyl (C=O) groups is 6. The van der Waals surface area contributed by atoms with Gasteiger partial charge in [0.15, 0.2) is 0 Å². The number of amides is 6. The van der Waals surface area contributed by atoms with Crippen molar-refractivity contribution in [1.82, 2.24) is 16.0 Å². The van der Waals surface area contributed by atoms with Crippen LogP contribution in [0.3, 0.4) is 0 Å². The monoisotopic (exact) mass is 1110 g/mol. The Morgan fingerprint density at radius 3 is 0.850 bits per heavy atom. The van der Waals surface area contributed by atoms with Crippen LogP contribution in [0.4, 0.5) is 17.1 Å². The summed E-state index contributed by atoms with van der Waals surface area (Å²) in [7, 11) is 0. The van der Waals surface area contributed by atoms with E-state index in [-0.39, 0.29) is 73.0 Å². The molecule has 3 atom stereocenters. The van der Waals surface area contributed by atoms with E-state index < -0.39 is 18.1 Å². The zero-order valence-electron chi connectivity index (χ0n) is 46.4. The van der Waals surface area contributed by atoms with E-state index >= 15 is 0 Å². The van der Waals surface area contributed by atoms with Crippen molar-refractivity contribution in [2.24, 2.45) is 17.2 Å². The number of unbranched alkanes of at least 4 members (excludes halogenated alkanes) is 3. The minimum atomic E-state index is -0.777. The molecule has 0 bridgehead atoms. The van der Waals surface area contributed by atoms with Gasteiger partial charge in [-0.15, -0.1) is 12.4 Å². The summed E-state index contributed by atoms with van der Waals surface area (Å²) in [6.45, 7) is 7.27.